The Morgan fingerprint density at radius 1 is 1.21 bits per heavy atom. The van der Waals surface area contributed by atoms with Crippen molar-refractivity contribution in [3.05, 3.63) is 29.8 Å². The van der Waals surface area contributed by atoms with E-state index in [0.717, 1.165) is 11.3 Å². The van der Waals surface area contributed by atoms with Crippen molar-refractivity contribution in [2.75, 3.05) is 13.7 Å². The number of hydrogen-bond donors (Lipinski definition) is 2. The number of aliphatic hydroxyl groups is 2. The van der Waals surface area contributed by atoms with Gasteiger partial charge in [-0.15, -0.1) is 0 Å². The average molecular weight is 340 g/mol. The van der Waals surface area contributed by atoms with Crippen LogP contribution in [0.25, 0.3) is 0 Å². The van der Waals surface area contributed by atoms with Gasteiger partial charge in [0.1, 0.15) is 30.2 Å². The largest absolute Gasteiger partial charge is 0.497 e. The van der Waals surface area contributed by atoms with E-state index in [1.54, 1.807) is 21.0 Å². The molecule has 0 aliphatic carbocycles. The fourth-order valence-corrected chi connectivity index (χ4v) is 3.02. The van der Waals surface area contributed by atoms with Gasteiger partial charge in [0.15, 0.2) is 12.1 Å². The summed E-state index contributed by atoms with van der Waals surface area (Å²) < 4.78 is 28.3. The van der Waals surface area contributed by atoms with Crippen molar-refractivity contribution in [1.82, 2.24) is 0 Å². The van der Waals surface area contributed by atoms with Crippen molar-refractivity contribution in [3.63, 3.8) is 0 Å². The first kappa shape index (κ1) is 17.6. The number of rotatable bonds is 6. The Morgan fingerprint density at radius 2 is 1.92 bits per heavy atom. The molecule has 3 rings (SSSR count). The quantitative estimate of drug-likeness (QED) is 0.792. The monoisotopic (exact) mass is 340 g/mol. The molecule has 0 spiro atoms. The highest BCUT2D eigenvalue weighted by atomic mass is 16.8. The Labute approximate surface area is 141 Å². The van der Waals surface area contributed by atoms with Gasteiger partial charge in [0.25, 0.3) is 0 Å². The first-order valence-corrected chi connectivity index (χ1v) is 7.98. The highest BCUT2D eigenvalue weighted by Gasteiger charge is 2.56. The maximum absolute atomic E-state index is 10.00. The van der Waals surface area contributed by atoms with Crippen LogP contribution in [0.5, 0.6) is 5.75 Å². The van der Waals surface area contributed by atoms with Crippen LogP contribution in [-0.4, -0.2) is 60.4 Å². The molecule has 7 nitrogen and oxygen atoms in total. The van der Waals surface area contributed by atoms with E-state index in [1.807, 2.05) is 24.3 Å². The Morgan fingerprint density at radius 3 is 2.54 bits per heavy atom. The molecule has 2 aliphatic rings. The molecule has 2 fully saturated rings. The number of benzene rings is 1. The Hall–Kier alpha value is -1.22. The second-order valence-electron chi connectivity index (χ2n) is 6.44. The van der Waals surface area contributed by atoms with E-state index in [-0.39, 0.29) is 0 Å². The Kier molecular flexibility index (Phi) is 5.10. The molecule has 24 heavy (non-hydrogen) atoms. The molecule has 0 amide bonds. The Balaban J connectivity index is 1.69. The van der Waals surface area contributed by atoms with Gasteiger partial charge in [-0.05, 0) is 31.5 Å². The lowest BCUT2D eigenvalue weighted by Crippen LogP contribution is -2.44. The van der Waals surface area contributed by atoms with Gasteiger partial charge in [-0.2, -0.15) is 0 Å². The summed E-state index contributed by atoms with van der Waals surface area (Å²) in [5, 5.41) is 19.2. The molecule has 2 N–H and O–H groups in total. The predicted molar refractivity (Wildman–Crippen MR) is 83.4 cm³/mol. The summed E-state index contributed by atoms with van der Waals surface area (Å²) in [7, 11) is 1.61. The van der Waals surface area contributed by atoms with Crippen LogP contribution in [0.1, 0.15) is 19.4 Å². The summed E-state index contributed by atoms with van der Waals surface area (Å²) in [5.74, 6) is -0.00231. The van der Waals surface area contributed by atoms with Crippen LogP contribution in [0.15, 0.2) is 24.3 Å². The zero-order valence-electron chi connectivity index (χ0n) is 14.0. The molecule has 0 aromatic heterocycles. The van der Waals surface area contributed by atoms with Crippen LogP contribution in [0, 0.1) is 0 Å². The van der Waals surface area contributed by atoms with Crippen LogP contribution in [-0.2, 0) is 25.6 Å². The SMILES string of the molecule is COc1ccc(CO[C@@H]2C3OC(C)(C)O[C@H]3O[C@@H]2[C@H](O)CO)cc1. The zero-order valence-corrected chi connectivity index (χ0v) is 14.0. The first-order chi connectivity index (χ1) is 11.4. The average Bonchev–Trinajstić information content (AvgIpc) is 3.04. The number of hydrogen-bond acceptors (Lipinski definition) is 7. The van der Waals surface area contributed by atoms with Crippen molar-refractivity contribution in [2.45, 2.75) is 56.9 Å². The highest BCUT2D eigenvalue weighted by molar-refractivity contribution is 5.26. The van der Waals surface area contributed by atoms with Crippen LogP contribution in [0.3, 0.4) is 0 Å². The fourth-order valence-electron chi connectivity index (χ4n) is 3.02. The standard InChI is InChI=1S/C17H24O7/c1-17(2)23-15-14(13(12(19)8-18)22-16(15)24-17)21-9-10-4-6-11(20-3)7-5-10/h4-7,12-16,18-19H,8-9H2,1-3H3/t12-,13-,14+,15?,16-/m1/s1. The second-order valence-corrected chi connectivity index (χ2v) is 6.44. The second kappa shape index (κ2) is 6.95. The summed E-state index contributed by atoms with van der Waals surface area (Å²) in [4.78, 5) is 0. The van der Waals surface area contributed by atoms with Gasteiger partial charge in [0, 0.05) is 0 Å². The molecular weight excluding hydrogens is 316 g/mol. The number of aliphatic hydroxyl groups excluding tert-OH is 2. The summed E-state index contributed by atoms with van der Waals surface area (Å²) >= 11 is 0. The number of ether oxygens (including phenoxy) is 5. The van der Waals surface area contributed by atoms with E-state index >= 15 is 0 Å². The van der Waals surface area contributed by atoms with E-state index in [0.29, 0.717) is 6.61 Å². The van der Waals surface area contributed by atoms with Crippen LogP contribution in [0.4, 0.5) is 0 Å². The van der Waals surface area contributed by atoms with Crippen molar-refractivity contribution in [1.29, 1.82) is 0 Å². The summed E-state index contributed by atoms with van der Waals surface area (Å²) in [6.07, 6.45) is -3.39. The molecule has 134 valence electrons. The molecule has 0 saturated carbocycles. The third-order valence-electron chi connectivity index (χ3n) is 4.19. The molecule has 0 bridgehead atoms. The van der Waals surface area contributed by atoms with E-state index in [1.165, 1.54) is 0 Å². The molecule has 2 heterocycles. The third kappa shape index (κ3) is 3.56. The van der Waals surface area contributed by atoms with Gasteiger partial charge in [-0.25, -0.2) is 0 Å². The minimum absolute atomic E-state index is 0.319. The minimum atomic E-state index is -1.06. The number of fused-ring (bicyclic) bond motifs is 1. The molecule has 5 atom stereocenters. The van der Waals surface area contributed by atoms with Crippen molar-refractivity contribution >= 4 is 0 Å². The lowest BCUT2D eigenvalue weighted by atomic mass is 10.1. The topological polar surface area (TPSA) is 86.6 Å². The van der Waals surface area contributed by atoms with E-state index in [4.69, 9.17) is 23.7 Å². The Bertz CT molecular complexity index is 544. The summed E-state index contributed by atoms with van der Waals surface area (Å²) in [6.45, 7) is 3.49. The van der Waals surface area contributed by atoms with E-state index in [9.17, 15) is 10.2 Å². The normalized spacial score (nSPS) is 32.5. The smallest absolute Gasteiger partial charge is 0.190 e. The van der Waals surface area contributed by atoms with Gasteiger partial charge in [-0.3, -0.25) is 0 Å². The number of methoxy groups -OCH3 is 1. The van der Waals surface area contributed by atoms with Gasteiger partial charge >= 0.3 is 0 Å². The third-order valence-corrected chi connectivity index (χ3v) is 4.19. The lowest BCUT2D eigenvalue weighted by Gasteiger charge is -2.28. The van der Waals surface area contributed by atoms with Gasteiger partial charge in [0.2, 0.25) is 0 Å². The molecule has 1 aromatic rings. The minimum Gasteiger partial charge on any atom is -0.497 e. The predicted octanol–water partition coefficient (Wildman–Crippen LogP) is 0.810. The van der Waals surface area contributed by atoms with E-state index < -0.39 is 43.1 Å². The molecule has 0 radical (unpaired) electrons. The van der Waals surface area contributed by atoms with Gasteiger partial charge < -0.3 is 33.9 Å². The van der Waals surface area contributed by atoms with Gasteiger partial charge in [-0.1, -0.05) is 12.1 Å². The maximum atomic E-state index is 10.00. The first-order valence-electron chi connectivity index (χ1n) is 7.98. The molecule has 1 aromatic carbocycles. The van der Waals surface area contributed by atoms with Crippen LogP contribution >= 0.6 is 0 Å². The molecule has 2 saturated heterocycles. The van der Waals surface area contributed by atoms with Crippen LogP contribution in [0.2, 0.25) is 0 Å². The molecule has 2 aliphatic heterocycles. The van der Waals surface area contributed by atoms with Gasteiger partial charge in [0.05, 0.1) is 20.3 Å². The summed E-state index contributed by atoms with van der Waals surface area (Å²) in [6, 6.07) is 7.51. The molecule has 1 unspecified atom stereocenters. The fraction of sp³-hybridized carbons (Fsp3) is 0.647. The lowest BCUT2D eigenvalue weighted by molar-refractivity contribution is -0.232. The van der Waals surface area contributed by atoms with Crippen molar-refractivity contribution in [3.8, 4) is 5.75 Å². The maximum Gasteiger partial charge on any atom is 0.190 e. The summed E-state index contributed by atoms with van der Waals surface area (Å²) in [5.41, 5.74) is 0.953. The molecule has 7 heteroatoms. The van der Waals surface area contributed by atoms with Crippen molar-refractivity contribution < 1.29 is 33.9 Å². The molecular formula is C17H24O7. The zero-order chi connectivity index (χ0) is 17.3. The van der Waals surface area contributed by atoms with E-state index in [2.05, 4.69) is 0 Å². The van der Waals surface area contributed by atoms with Crippen LogP contribution < -0.4 is 4.74 Å². The van der Waals surface area contributed by atoms with Crippen molar-refractivity contribution in [2.24, 2.45) is 0 Å². The highest BCUT2D eigenvalue weighted by Crippen LogP contribution is 2.39.